The average molecular weight is 494 g/mol. The summed E-state index contributed by atoms with van der Waals surface area (Å²) in [5.41, 5.74) is 5.93. The van der Waals surface area contributed by atoms with Gasteiger partial charge in [-0.1, -0.05) is 18.2 Å². The summed E-state index contributed by atoms with van der Waals surface area (Å²) in [7, 11) is 3.41. The van der Waals surface area contributed by atoms with Gasteiger partial charge < -0.3 is 9.47 Å². The van der Waals surface area contributed by atoms with E-state index < -0.39 is 0 Å². The van der Waals surface area contributed by atoms with Crippen LogP contribution in [-0.2, 0) is 5.75 Å². The lowest BCUT2D eigenvalue weighted by Crippen LogP contribution is -2.26. The summed E-state index contributed by atoms with van der Waals surface area (Å²) >= 11 is 1.77. The fourth-order valence-corrected chi connectivity index (χ4v) is 6.04. The van der Waals surface area contributed by atoms with E-state index in [1.54, 1.807) is 55.2 Å². The number of amides is 1. The number of aromatic nitrogens is 4. The normalized spacial score (nSPS) is 14.7. The Morgan fingerprint density at radius 1 is 0.972 bits per heavy atom. The minimum absolute atomic E-state index is 0.0804. The number of hydrogen-bond donors (Lipinski definition) is 0. The quantitative estimate of drug-likeness (QED) is 0.311. The van der Waals surface area contributed by atoms with Gasteiger partial charge >= 0.3 is 6.03 Å². The zero-order valence-corrected chi connectivity index (χ0v) is 20.6. The number of fused-ring (bicyclic) bond motifs is 2. The molecule has 1 aromatic carbocycles. The molecule has 178 valence electrons. The fourth-order valence-electron chi connectivity index (χ4n) is 4.73. The number of benzene rings is 1. The average Bonchev–Trinajstić information content (AvgIpc) is 3.62. The molecule has 4 aromatic heterocycles. The predicted molar refractivity (Wildman–Crippen MR) is 141 cm³/mol. The first-order valence-corrected chi connectivity index (χ1v) is 12.6. The molecular weight excluding hydrogens is 470 g/mol. The lowest BCUT2D eigenvalue weighted by molar-refractivity contribution is 0.103. The molecule has 0 radical (unpaired) electrons. The molecule has 1 aliphatic rings. The van der Waals surface area contributed by atoms with Crippen molar-refractivity contribution in [1.82, 2.24) is 24.0 Å². The summed E-state index contributed by atoms with van der Waals surface area (Å²) in [4.78, 5) is 36.8. The zero-order valence-electron chi connectivity index (χ0n) is 19.8. The number of carbonyl (C=O) groups is 2. The Morgan fingerprint density at radius 3 is 2.56 bits per heavy atom. The minimum Gasteiger partial charge on any atom is -0.333 e. The van der Waals surface area contributed by atoms with Crippen molar-refractivity contribution < 1.29 is 9.59 Å². The Balaban J connectivity index is 1.45. The Labute approximate surface area is 212 Å². The minimum atomic E-state index is -0.208. The number of ketones is 1. The highest BCUT2D eigenvalue weighted by atomic mass is 32.2. The fraction of sp³-hybridized carbons (Fsp3) is 0.143. The van der Waals surface area contributed by atoms with Gasteiger partial charge in [-0.2, -0.15) is 0 Å². The van der Waals surface area contributed by atoms with Crippen molar-refractivity contribution in [3.8, 4) is 11.1 Å². The van der Waals surface area contributed by atoms with Gasteiger partial charge in [0.2, 0.25) is 0 Å². The highest BCUT2D eigenvalue weighted by Gasteiger charge is 2.30. The molecule has 1 unspecified atom stereocenters. The van der Waals surface area contributed by atoms with Crippen LogP contribution in [0.25, 0.3) is 22.0 Å². The van der Waals surface area contributed by atoms with Crippen molar-refractivity contribution >= 4 is 34.5 Å². The van der Waals surface area contributed by atoms with E-state index in [1.807, 2.05) is 54.9 Å². The Kier molecular flexibility index (Phi) is 5.45. The summed E-state index contributed by atoms with van der Waals surface area (Å²) in [6, 6.07) is 15.4. The summed E-state index contributed by atoms with van der Waals surface area (Å²) in [6.45, 7) is 0. The lowest BCUT2D eigenvalue weighted by atomic mass is 10.0. The van der Waals surface area contributed by atoms with Gasteiger partial charge in [-0.25, -0.2) is 4.79 Å². The van der Waals surface area contributed by atoms with Crippen molar-refractivity contribution in [1.29, 1.82) is 0 Å². The maximum atomic E-state index is 13.9. The highest BCUT2D eigenvalue weighted by molar-refractivity contribution is 7.99. The van der Waals surface area contributed by atoms with Crippen LogP contribution in [0.4, 0.5) is 4.79 Å². The highest BCUT2D eigenvalue weighted by Crippen LogP contribution is 2.42. The van der Waals surface area contributed by atoms with E-state index >= 15 is 0 Å². The first-order chi connectivity index (χ1) is 17.5. The predicted octanol–water partition coefficient (Wildman–Crippen LogP) is 5.45. The van der Waals surface area contributed by atoms with E-state index in [-0.39, 0.29) is 17.2 Å². The smallest absolute Gasteiger partial charge is 0.328 e. The summed E-state index contributed by atoms with van der Waals surface area (Å²) in [5.74, 6) is 0.651. The van der Waals surface area contributed by atoms with Crippen LogP contribution in [0.1, 0.15) is 32.6 Å². The zero-order chi connectivity index (χ0) is 24.8. The Hall–Kier alpha value is -4.17. The van der Waals surface area contributed by atoms with Gasteiger partial charge in [0.15, 0.2) is 5.78 Å². The van der Waals surface area contributed by atoms with Crippen LogP contribution in [0, 0.1) is 0 Å². The second kappa shape index (κ2) is 8.80. The molecule has 5 aromatic rings. The standard InChI is InChI=1S/C28H23N5O2S/c1-31(2)28(35)33-16-23(21-6-5-19(14-24(21)33)18-7-11-29-12-8-18)26(34)22-9-13-32-25(22)17-36-27(32)20-4-3-10-30-15-20/h3-16,27H,17H2,1-2H3. The van der Waals surface area contributed by atoms with Gasteiger partial charge in [-0.05, 0) is 41.5 Å². The van der Waals surface area contributed by atoms with Crippen LogP contribution in [0.5, 0.6) is 0 Å². The number of rotatable bonds is 4. The molecule has 5 heterocycles. The van der Waals surface area contributed by atoms with Crippen LogP contribution < -0.4 is 0 Å². The third-order valence-corrected chi connectivity index (χ3v) is 7.78. The van der Waals surface area contributed by atoms with Crippen LogP contribution in [0.15, 0.2) is 85.7 Å². The monoisotopic (exact) mass is 493 g/mol. The summed E-state index contributed by atoms with van der Waals surface area (Å²) in [6.07, 6.45) is 10.8. The second-order valence-electron chi connectivity index (χ2n) is 8.92. The number of carbonyl (C=O) groups excluding carboxylic acids is 2. The van der Waals surface area contributed by atoms with Crippen LogP contribution in [-0.4, -0.2) is 49.9 Å². The number of thioether (sulfide) groups is 1. The largest absolute Gasteiger partial charge is 0.333 e. The van der Waals surface area contributed by atoms with E-state index in [4.69, 9.17) is 0 Å². The van der Waals surface area contributed by atoms with Crippen molar-refractivity contribution in [3.63, 3.8) is 0 Å². The third-order valence-electron chi connectivity index (χ3n) is 6.52. The molecule has 0 spiro atoms. The molecule has 1 amide bonds. The first kappa shape index (κ1) is 22.3. The van der Waals surface area contributed by atoms with E-state index in [1.165, 1.54) is 4.90 Å². The molecule has 0 saturated carbocycles. The van der Waals surface area contributed by atoms with Gasteiger partial charge in [0.05, 0.1) is 5.52 Å². The molecular formula is C28H23N5O2S. The molecule has 6 rings (SSSR count). The van der Waals surface area contributed by atoms with Crippen molar-refractivity contribution in [2.75, 3.05) is 14.1 Å². The van der Waals surface area contributed by atoms with E-state index in [0.717, 1.165) is 33.5 Å². The Bertz CT molecular complexity index is 1610. The maximum absolute atomic E-state index is 13.9. The van der Waals surface area contributed by atoms with Gasteiger partial charge in [0, 0.05) is 84.8 Å². The number of pyridine rings is 2. The molecule has 0 bridgehead atoms. The molecule has 8 heteroatoms. The van der Waals surface area contributed by atoms with E-state index in [2.05, 4.69) is 20.6 Å². The van der Waals surface area contributed by atoms with Gasteiger partial charge in [0.1, 0.15) is 5.37 Å². The summed E-state index contributed by atoms with van der Waals surface area (Å²) < 4.78 is 3.72. The third kappa shape index (κ3) is 3.61. The topological polar surface area (TPSA) is 73.0 Å². The molecule has 1 atom stereocenters. The molecule has 0 saturated heterocycles. The number of nitrogens with zero attached hydrogens (tertiary/aromatic N) is 5. The molecule has 0 N–H and O–H groups in total. The molecule has 7 nitrogen and oxygen atoms in total. The van der Waals surface area contributed by atoms with Crippen molar-refractivity contribution in [2.45, 2.75) is 11.1 Å². The SMILES string of the molecule is CN(C)C(=O)n1cc(C(=O)c2ccn3c2CSC3c2cccnc2)c2ccc(-c3ccncc3)cc21. The molecule has 1 aliphatic heterocycles. The lowest BCUT2D eigenvalue weighted by Gasteiger charge is -2.12. The summed E-state index contributed by atoms with van der Waals surface area (Å²) in [5, 5.41) is 0.845. The van der Waals surface area contributed by atoms with Crippen LogP contribution in [0.2, 0.25) is 0 Å². The molecule has 0 fully saturated rings. The Morgan fingerprint density at radius 2 is 1.81 bits per heavy atom. The van der Waals surface area contributed by atoms with Crippen LogP contribution >= 0.6 is 11.8 Å². The van der Waals surface area contributed by atoms with Crippen molar-refractivity contribution in [2.24, 2.45) is 0 Å². The second-order valence-corrected chi connectivity index (χ2v) is 9.99. The van der Waals surface area contributed by atoms with E-state index in [0.29, 0.717) is 16.6 Å². The van der Waals surface area contributed by atoms with E-state index in [9.17, 15) is 9.59 Å². The van der Waals surface area contributed by atoms with Gasteiger partial charge in [-0.3, -0.25) is 19.3 Å². The molecule has 0 aliphatic carbocycles. The van der Waals surface area contributed by atoms with Gasteiger partial charge in [-0.15, -0.1) is 11.8 Å². The van der Waals surface area contributed by atoms with Gasteiger partial charge in [0.25, 0.3) is 0 Å². The van der Waals surface area contributed by atoms with Crippen LogP contribution in [0.3, 0.4) is 0 Å². The maximum Gasteiger partial charge on any atom is 0.328 e. The van der Waals surface area contributed by atoms with Crippen molar-refractivity contribution in [3.05, 3.63) is 108 Å². The first-order valence-electron chi connectivity index (χ1n) is 11.6. The molecule has 36 heavy (non-hydrogen) atoms. The number of hydrogen-bond acceptors (Lipinski definition) is 5.